The molecule has 0 saturated heterocycles. The first-order valence-electron chi connectivity index (χ1n) is 6.15. The van der Waals surface area contributed by atoms with E-state index in [1.807, 2.05) is 40.7 Å². The summed E-state index contributed by atoms with van der Waals surface area (Å²) in [4.78, 5) is 15.4. The Balaban J connectivity index is 1.93. The minimum absolute atomic E-state index is 0.688. The van der Waals surface area contributed by atoms with Crippen molar-refractivity contribution in [1.29, 1.82) is 0 Å². The number of carbonyl (C=O) groups is 1. The van der Waals surface area contributed by atoms with Gasteiger partial charge in [-0.15, -0.1) is 0 Å². The van der Waals surface area contributed by atoms with E-state index in [4.69, 9.17) is 0 Å². The van der Waals surface area contributed by atoms with Crippen LogP contribution in [-0.2, 0) is 20.0 Å². The van der Waals surface area contributed by atoms with Crippen LogP contribution in [0.3, 0.4) is 0 Å². The Morgan fingerprint density at radius 2 is 2.21 bits per heavy atom. The standard InChI is InChI=1S/C14H14N4O/c1-17-12(4-7-16-17)5-8-18-9-11(10-19)13-3-2-6-15-14(13)18/h2-4,6-7,9-10H,5,8H2,1H3. The fourth-order valence-corrected chi connectivity index (χ4v) is 2.30. The van der Waals surface area contributed by atoms with Crippen molar-refractivity contribution in [2.45, 2.75) is 13.0 Å². The van der Waals surface area contributed by atoms with Gasteiger partial charge in [-0.1, -0.05) is 0 Å². The van der Waals surface area contributed by atoms with Crippen LogP contribution < -0.4 is 0 Å². The highest BCUT2D eigenvalue weighted by molar-refractivity contribution is 5.95. The van der Waals surface area contributed by atoms with Crippen molar-refractivity contribution in [3.63, 3.8) is 0 Å². The number of pyridine rings is 1. The lowest BCUT2D eigenvalue weighted by molar-refractivity contribution is 0.112. The third-order valence-corrected chi connectivity index (χ3v) is 3.32. The molecular formula is C14H14N4O. The predicted molar refractivity (Wildman–Crippen MR) is 72.0 cm³/mol. The molecule has 5 nitrogen and oxygen atoms in total. The van der Waals surface area contributed by atoms with Crippen molar-refractivity contribution in [3.05, 3.63) is 48.0 Å². The van der Waals surface area contributed by atoms with Gasteiger partial charge >= 0.3 is 0 Å². The number of hydrogen-bond donors (Lipinski definition) is 0. The molecule has 3 heterocycles. The summed E-state index contributed by atoms with van der Waals surface area (Å²) in [6.07, 6.45) is 7.14. The average molecular weight is 254 g/mol. The lowest BCUT2D eigenvalue weighted by atomic mass is 10.2. The zero-order chi connectivity index (χ0) is 13.2. The maximum atomic E-state index is 11.1. The fraction of sp³-hybridized carbons (Fsp3) is 0.214. The van der Waals surface area contributed by atoms with Gasteiger partial charge in [-0.3, -0.25) is 9.48 Å². The van der Waals surface area contributed by atoms with Crippen LogP contribution >= 0.6 is 0 Å². The summed E-state index contributed by atoms with van der Waals surface area (Å²) < 4.78 is 3.88. The number of aryl methyl sites for hydroxylation is 3. The van der Waals surface area contributed by atoms with Crippen molar-refractivity contribution in [2.24, 2.45) is 7.05 Å². The molecule has 0 radical (unpaired) electrons. The van der Waals surface area contributed by atoms with Gasteiger partial charge in [0, 0.05) is 55.2 Å². The molecule has 0 saturated carbocycles. The lowest BCUT2D eigenvalue weighted by Gasteiger charge is -2.04. The van der Waals surface area contributed by atoms with Crippen molar-refractivity contribution in [1.82, 2.24) is 19.3 Å². The predicted octanol–water partition coefficient (Wildman–Crippen LogP) is 1.83. The fourth-order valence-electron chi connectivity index (χ4n) is 2.30. The second-order valence-electron chi connectivity index (χ2n) is 4.47. The molecule has 0 aliphatic carbocycles. The SMILES string of the molecule is Cn1nccc1CCn1cc(C=O)c2cccnc21. The molecule has 0 spiro atoms. The summed E-state index contributed by atoms with van der Waals surface area (Å²) in [5, 5.41) is 5.05. The molecule has 0 aliphatic rings. The van der Waals surface area contributed by atoms with Crippen molar-refractivity contribution < 1.29 is 4.79 Å². The van der Waals surface area contributed by atoms with Gasteiger partial charge < -0.3 is 4.57 Å². The number of carbonyl (C=O) groups excluding carboxylic acids is 1. The summed E-state index contributed by atoms with van der Waals surface area (Å²) in [6, 6.07) is 5.77. The highest BCUT2D eigenvalue weighted by Gasteiger charge is 2.09. The zero-order valence-electron chi connectivity index (χ0n) is 10.7. The van der Waals surface area contributed by atoms with Gasteiger partial charge in [0.1, 0.15) is 5.65 Å². The van der Waals surface area contributed by atoms with Gasteiger partial charge in [-0.25, -0.2) is 4.98 Å². The second-order valence-corrected chi connectivity index (χ2v) is 4.47. The van der Waals surface area contributed by atoms with Crippen LogP contribution in [0.4, 0.5) is 0 Å². The summed E-state index contributed by atoms with van der Waals surface area (Å²) in [5.74, 6) is 0. The van der Waals surface area contributed by atoms with Gasteiger partial charge in [-0.05, 0) is 18.2 Å². The van der Waals surface area contributed by atoms with E-state index in [0.717, 1.165) is 36.0 Å². The Bertz CT molecular complexity index is 726. The van der Waals surface area contributed by atoms with Crippen LogP contribution in [0.1, 0.15) is 16.1 Å². The minimum Gasteiger partial charge on any atom is -0.331 e. The van der Waals surface area contributed by atoms with E-state index < -0.39 is 0 Å². The first-order chi connectivity index (χ1) is 9.29. The summed E-state index contributed by atoms with van der Waals surface area (Å²) in [5.41, 5.74) is 2.70. The molecule has 0 N–H and O–H groups in total. The number of fused-ring (bicyclic) bond motifs is 1. The summed E-state index contributed by atoms with van der Waals surface area (Å²) >= 11 is 0. The molecule has 0 amide bonds. The monoisotopic (exact) mass is 254 g/mol. The van der Waals surface area contributed by atoms with E-state index in [2.05, 4.69) is 10.1 Å². The molecule has 3 aromatic rings. The van der Waals surface area contributed by atoms with Gasteiger partial charge in [0.2, 0.25) is 0 Å². The van der Waals surface area contributed by atoms with Gasteiger partial charge in [0.05, 0.1) is 0 Å². The number of hydrogen-bond acceptors (Lipinski definition) is 3. The molecule has 0 aromatic carbocycles. The highest BCUT2D eigenvalue weighted by atomic mass is 16.1. The van der Waals surface area contributed by atoms with Crippen LogP contribution in [0.15, 0.2) is 36.8 Å². The van der Waals surface area contributed by atoms with E-state index in [0.29, 0.717) is 5.56 Å². The third-order valence-electron chi connectivity index (χ3n) is 3.32. The van der Waals surface area contributed by atoms with Crippen molar-refractivity contribution in [2.75, 3.05) is 0 Å². The second kappa shape index (κ2) is 4.68. The lowest BCUT2D eigenvalue weighted by Crippen LogP contribution is -2.05. The van der Waals surface area contributed by atoms with E-state index in [9.17, 15) is 4.79 Å². The topological polar surface area (TPSA) is 52.7 Å². The maximum Gasteiger partial charge on any atom is 0.152 e. The molecule has 0 aliphatic heterocycles. The smallest absolute Gasteiger partial charge is 0.152 e. The van der Waals surface area contributed by atoms with Crippen LogP contribution in [0.5, 0.6) is 0 Å². The molecule has 5 heteroatoms. The molecule has 0 atom stereocenters. The average Bonchev–Trinajstić information content (AvgIpc) is 3.00. The molecule has 3 aromatic heterocycles. The Labute approximate surface area is 110 Å². The van der Waals surface area contributed by atoms with E-state index in [1.165, 1.54) is 0 Å². The number of aromatic nitrogens is 4. The number of aldehydes is 1. The molecular weight excluding hydrogens is 240 g/mol. The first-order valence-corrected chi connectivity index (χ1v) is 6.15. The van der Waals surface area contributed by atoms with Gasteiger partial charge in [0.25, 0.3) is 0 Å². The molecule has 3 rings (SSSR count). The van der Waals surface area contributed by atoms with E-state index >= 15 is 0 Å². The Kier molecular flexibility index (Phi) is 2.87. The quantitative estimate of drug-likeness (QED) is 0.667. The zero-order valence-corrected chi connectivity index (χ0v) is 10.7. The highest BCUT2D eigenvalue weighted by Crippen LogP contribution is 2.18. The molecule has 0 bridgehead atoms. The minimum atomic E-state index is 0.688. The summed E-state index contributed by atoms with van der Waals surface area (Å²) in [7, 11) is 1.93. The van der Waals surface area contributed by atoms with Crippen LogP contribution in [0.2, 0.25) is 0 Å². The summed E-state index contributed by atoms with van der Waals surface area (Å²) in [6.45, 7) is 0.779. The largest absolute Gasteiger partial charge is 0.331 e. The number of rotatable bonds is 4. The van der Waals surface area contributed by atoms with E-state index in [-0.39, 0.29) is 0 Å². The van der Waals surface area contributed by atoms with E-state index in [1.54, 1.807) is 12.4 Å². The molecule has 96 valence electrons. The molecule has 0 unspecified atom stereocenters. The van der Waals surface area contributed by atoms with Crippen LogP contribution in [0.25, 0.3) is 11.0 Å². The Hall–Kier alpha value is -2.43. The first kappa shape index (κ1) is 11.6. The Morgan fingerprint density at radius 3 is 2.95 bits per heavy atom. The van der Waals surface area contributed by atoms with Crippen molar-refractivity contribution in [3.8, 4) is 0 Å². The number of nitrogens with zero attached hydrogens (tertiary/aromatic N) is 4. The Morgan fingerprint density at radius 1 is 1.32 bits per heavy atom. The third kappa shape index (κ3) is 2.03. The molecule has 19 heavy (non-hydrogen) atoms. The van der Waals surface area contributed by atoms with Gasteiger partial charge in [-0.2, -0.15) is 5.10 Å². The van der Waals surface area contributed by atoms with Crippen LogP contribution in [0, 0.1) is 0 Å². The van der Waals surface area contributed by atoms with Gasteiger partial charge in [0.15, 0.2) is 6.29 Å². The maximum absolute atomic E-state index is 11.1. The normalized spacial score (nSPS) is 11.0. The molecule has 0 fully saturated rings. The van der Waals surface area contributed by atoms with Crippen molar-refractivity contribution >= 4 is 17.3 Å². The van der Waals surface area contributed by atoms with Crippen LogP contribution in [-0.4, -0.2) is 25.6 Å².